The van der Waals surface area contributed by atoms with Crippen molar-refractivity contribution in [3.8, 4) is 10.7 Å². The molecular formula is C20H20F3N3OS2. The minimum Gasteiger partial charge on any atom is -0.325 e. The number of alkyl halides is 3. The number of aromatic nitrogens is 3. The van der Waals surface area contributed by atoms with Crippen LogP contribution in [0.25, 0.3) is 31.8 Å². The molecule has 0 fully saturated rings. The quantitative estimate of drug-likeness (QED) is 0.392. The van der Waals surface area contributed by atoms with Crippen LogP contribution in [0.4, 0.5) is 13.2 Å². The Morgan fingerprint density at radius 1 is 1.21 bits per heavy atom. The number of benzene rings is 1. The summed E-state index contributed by atoms with van der Waals surface area (Å²) in [6.07, 6.45) is -3.35. The van der Waals surface area contributed by atoms with Crippen LogP contribution in [0.15, 0.2) is 41.4 Å². The highest BCUT2D eigenvalue weighted by Crippen LogP contribution is 2.41. The van der Waals surface area contributed by atoms with E-state index in [9.17, 15) is 17.4 Å². The molecule has 4 rings (SSSR count). The number of aryl methyl sites for hydroxylation is 1. The zero-order valence-corrected chi connectivity index (χ0v) is 18.0. The Balaban J connectivity index is 0.00000117. The number of hydrogen-bond acceptors (Lipinski definition) is 4. The zero-order chi connectivity index (χ0) is 21.3. The van der Waals surface area contributed by atoms with Gasteiger partial charge in [-0.25, -0.2) is 9.97 Å². The molecule has 29 heavy (non-hydrogen) atoms. The van der Waals surface area contributed by atoms with Crippen LogP contribution in [0.2, 0.25) is 0 Å². The lowest BCUT2D eigenvalue weighted by Crippen LogP contribution is -2.07. The van der Waals surface area contributed by atoms with Gasteiger partial charge >= 0.3 is 6.18 Å². The number of rotatable bonds is 3. The van der Waals surface area contributed by atoms with Crippen LogP contribution < -0.4 is 0 Å². The van der Waals surface area contributed by atoms with E-state index < -0.39 is 22.7 Å². The molecule has 4 nitrogen and oxygen atoms in total. The Bertz CT molecular complexity index is 1200. The van der Waals surface area contributed by atoms with Gasteiger partial charge in [-0.15, -0.1) is 11.3 Å². The van der Waals surface area contributed by atoms with Crippen molar-refractivity contribution in [1.29, 1.82) is 0 Å². The molecule has 0 radical (unpaired) electrons. The molecule has 1 unspecified atom stereocenters. The first-order chi connectivity index (χ1) is 13.8. The van der Waals surface area contributed by atoms with Crippen molar-refractivity contribution in [3.63, 3.8) is 0 Å². The standard InChI is InChI=1S/C18H14F3N3OS2.C2H6/c1-3-27(25)16-10-6-4-5-7-13(10)26-15(16)17-23-11-8-14(18(19,20)21)22-9-12(11)24(17)2;1-2/h4-9H,3H2,1-2H3;1-2H3. The van der Waals surface area contributed by atoms with Crippen molar-refractivity contribution in [3.05, 3.63) is 42.2 Å². The average Bonchev–Trinajstić information content (AvgIpc) is 3.26. The Kier molecular flexibility index (Phi) is 6.09. The largest absolute Gasteiger partial charge is 0.433 e. The molecule has 0 N–H and O–H groups in total. The van der Waals surface area contributed by atoms with Gasteiger partial charge in [0.25, 0.3) is 0 Å². The summed E-state index contributed by atoms with van der Waals surface area (Å²) in [4.78, 5) is 9.34. The third-order valence-corrected chi connectivity index (χ3v) is 7.00. The zero-order valence-electron chi connectivity index (χ0n) is 16.4. The van der Waals surface area contributed by atoms with E-state index in [1.807, 2.05) is 45.0 Å². The normalized spacial score (nSPS) is 12.8. The first kappa shape index (κ1) is 21.4. The van der Waals surface area contributed by atoms with Crippen LogP contribution in [-0.2, 0) is 24.0 Å². The molecule has 4 aromatic rings. The summed E-state index contributed by atoms with van der Waals surface area (Å²) in [5, 5.41) is 0.888. The SMILES string of the molecule is CC.CCS(=O)c1c(-c2nc3cc(C(F)(F)F)ncc3n2C)sc2ccccc12. The number of thiophene rings is 1. The molecule has 3 heterocycles. The molecule has 0 bridgehead atoms. The summed E-state index contributed by atoms with van der Waals surface area (Å²) >= 11 is 1.44. The van der Waals surface area contributed by atoms with Crippen molar-refractivity contribution in [2.24, 2.45) is 7.05 Å². The third kappa shape index (κ3) is 3.81. The molecule has 0 aliphatic carbocycles. The van der Waals surface area contributed by atoms with Crippen LogP contribution in [-0.4, -0.2) is 24.5 Å². The molecule has 0 spiro atoms. The molecule has 1 atom stereocenters. The van der Waals surface area contributed by atoms with Crippen LogP contribution in [0.3, 0.4) is 0 Å². The highest BCUT2D eigenvalue weighted by Gasteiger charge is 2.33. The topological polar surface area (TPSA) is 47.8 Å². The van der Waals surface area contributed by atoms with Crippen LogP contribution in [0, 0.1) is 0 Å². The maximum atomic E-state index is 13.0. The lowest BCUT2D eigenvalue weighted by molar-refractivity contribution is -0.141. The maximum Gasteiger partial charge on any atom is 0.433 e. The van der Waals surface area contributed by atoms with Gasteiger partial charge in [0.2, 0.25) is 0 Å². The molecule has 154 valence electrons. The minimum absolute atomic E-state index is 0.209. The molecule has 0 amide bonds. The second kappa shape index (κ2) is 8.23. The van der Waals surface area contributed by atoms with E-state index in [4.69, 9.17) is 0 Å². The second-order valence-corrected chi connectivity index (χ2v) is 8.67. The van der Waals surface area contributed by atoms with Gasteiger partial charge < -0.3 is 4.57 Å². The predicted octanol–water partition coefficient (Wildman–Crippen LogP) is 6.02. The van der Waals surface area contributed by atoms with E-state index >= 15 is 0 Å². The van der Waals surface area contributed by atoms with Gasteiger partial charge in [-0.1, -0.05) is 39.0 Å². The molecule has 1 aromatic carbocycles. The minimum atomic E-state index is -4.53. The van der Waals surface area contributed by atoms with E-state index in [0.29, 0.717) is 26.9 Å². The van der Waals surface area contributed by atoms with Crippen molar-refractivity contribution in [1.82, 2.24) is 14.5 Å². The summed E-state index contributed by atoms with van der Waals surface area (Å²) in [5.41, 5.74) is -0.280. The van der Waals surface area contributed by atoms with Crippen molar-refractivity contribution in [2.45, 2.75) is 31.8 Å². The van der Waals surface area contributed by atoms with E-state index in [1.54, 1.807) is 11.6 Å². The van der Waals surface area contributed by atoms with Crippen LogP contribution in [0.1, 0.15) is 26.5 Å². The number of pyridine rings is 1. The van der Waals surface area contributed by atoms with E-state index in [1.165, 1.54) is 17.5 Å². The third-order valence-electron chi connectivity index (χ3n) is 4.30. The fourth-order valence-corrected chi connectivity index (χ4v) is 5.59. The Hall–Kier alpha value is -2.26. The predicted molar refractivity (Wildman–Crippen MR) is 113 cm³/mol. The van der Waals surface area contributed by atoms with Gasteiger partial charge in [-0.2, -0.15) is 13.2 Å². The van der Waals surface area contributed by atoms with Gasteiger partial charge in [-0.3, -0.25) is 4.21 Å². The van der Waals surface area contributed by atoms with E-state index in [0.717, 1.165) is 16.2 Å². The number of nitrogens with zero attached hydrogens (tertiary/aromatic N) is 3. The highest BCUT2D eigenvalue weighted by molar-refractivity contribution is 7.85. The molecular weight excluding hydrogens is 419 g/mol. The molecule has 0 saturated carbocycles. The van der Waals surface area contributed by atoms with Gasteiger partial charge in [0.1, 0.15) is 5.69 Å². The van der Waals surface area contributed by atoms with Crippen LogP contribution >= 0.6 is 11.3 Å². The summed E-state index contributed by atoms with van der Waals surface area (Å²) in [7, 11) is 0.492. The van der Waals surface area contributed by atoms with Crippen molar-refractivity contribution >= 4 is 43.3 Å². The van der Waals surface area contributed by atoms with Crippen LogP contribution in [0.5, 0.6) is 0 Å². The van der Waals surface area contributed by atoms with Gasteiger partial charge in [-0.05, 0) is 12.1 Å². The number of fused-ring (bicyclic) bond motifs is 2. The highest BCUT2D eigenvalue weighted by atomic mass is 32.2. The average molecular weight is 440 g/mol. The Morgan fingerprint density at radius 3 is 2.55 bits per heavy atom. The number of halogens is 3. The van der Waals surface area contributed by atoms with E-state index in [2.05, 4.69) is 9.97 Å². The van der Waals surface area contributed by atoms with Crippen molar-refractivity contribution in [2.75, 3.05) is 5.75 Å². The smallest absolute Gasteiger partial charge is 0.325 e. The Labute approximate surface area is 172 Å². The fraction of sp³-hybridized carbons (Fsp3) is 0.300. The number of imidazole rings is 1. The Morgan fingerprint density at radius 2 is 1.90 bits per heavy atom. The fourth-order valence-electron chi connectivity index (χ4n) is 2.99. The summed E-state index contributed by atoms with van der Waals surface area (Å²) in [5.74, 6) is 0.932. The molecule has 0 saturated heterocycles. The van der Waals surface area contributed by atoms with Gasteiger partial charge in [0, 0.05) is 22.9 Å². The molecule has 9 heteroatoms. The second-order valence-electron chi connectivity index (χ2n) is 5.94. The van der Waals surface area contributed by atoms with Gasteiger partial charge in [0.05, 0.1) is 37.8 Å². The van der Waals surface area contributed by atoms with Gasteiger partial charge in [0.15, 0.2) is 5.82 Å². The van der Waals surface area contributed by atoms with E-state index in [-0.39, 0.29) is 5.52 Å². The first-order valence-corrected chi connectivity index (χ1v) is 11.2. The molecule has 0 aliphatic heterocycles. The summed E-state index contributed by atoms with van der Waals surface area (Å²) in [6, 6.07) is 8.57. The molecule has 0 aliphatic rings. The number of hydrogen-bond donors (Lipinski definition) is 0. The lowest BCUT2D eigenvalue weighted by atomic mass is 10.2. The first-order valence-electron chi connectivity index (χ1n) is 9.11. The molecule has 3 aromatic heterocycles. The summed E-state index contributed by atoms with van der Waals surface area (Å²) in [6.45, 7) is 5.83. The summed E-state index contributed by atoms with van der Waals surface area (Å²) < 4.78 is 54.3. The maximum absolute atomic E-state index is 13.0. The van der Waals surface area contributed by atoms with Crippen molar-refractivity contribution < 1.29 is 17.4 Å². The lowest BCUT2D eigenvalue weighted by Gasteiger charge is -2.05. The monoisotopic (exact) mass is 439 g/mol.